The molecule has 1 aromatic carbocycles. The molecule has 4 bridgehead atoms. The minimum Gasteiger partial charge on any atom is -0.496 e. The highest BCUT2D eigenvalue weighted by molar-refractivity contribution is 5.91. The number of benzene rings is 1. The predicted octanol–water partition coefficient (Wildman–Crippen LogP) is 2.94. The molecule has 0 spiro atoms. The Balaban J connectivity index is 1.69. The summed E-state index contributed by atoms with van der Waals surface area (Å²) < 4.78 is 16.8. The quantitative estimate of drug-likeness (QED) is 0.699. The summed E-state index contributed by atoms with van der Waals surface area (Å²) in [6, 6.07) is 5.26. The van der Waals surface area contributed by atoms with Gasteiger partial charge < -0.3 is 24.4 Å². The molecule has 3 heterocycles. The van der Waals surface area contributed by atoms with Crippen LogP contribution in [0.5, 0.6) is 11.6 Å². The Morgan fingerprint density at radius 1 is 1.24 bits per heavy atom. The first-order chi connectivity index (χ1) is 16.1. The van der Waals surface area contributed by atoms with Crippen LogP contribution in [0.4, 0.5) is 0 Å². The first-order valence-electron chi connectivity index (χ1n) is 11.5. The van der Waals surface area contributed by atoms with Crippen molar-refractivity contribution in [3.05, 3.63) is 36.0 Å². The van der Waals surface area contributed by atoms with E-state index >= 15 is 0 Å². The van der Waals surface area contributed by atoms with Crippen molar-refractivity contribution in [2.75, 3.05) is 33.9 Å². The first kappa shape index (κ1) is 23.0. The molecule has 176 valence electrons. The molecule has 1 N–H and O–H groups in total. The van der Waals surface area contributed by atoms with E-state index in [2.05, 4.69) is 22.5 Å². The predicted molar refractivity (Wildman–Crippen MR) is 125 cm³/mol. The largest absolute Gasteiger partial charge is 0.496 e. The molecule has 1 saturated heterocycles. The second-order valence-corrected chi connectivity index (χ2v) is 8.42. The van der Waals surface area contributed by atoms with Crippen LogP contribution in [0.3, 0.4) is 0 Å². The van der Waals surface area contributed by atoms with E-state index < -0.39 is 12.0 Å². The average molecular weight is 454 g/mol. The van der Waals surface area contributed by atoms with E-state index in [0.717, 1.165) is 54.3 Å². The summed E-state index contributed by atoms with van der Waals surface area (Å²) in [7, 11) is 3.01. The highest BCUT2D eigenvalue weighted by atomic mass is 16.5. The summed E-state index contributed by atoms with van der Waals surface area (Å²) >= 11 is 0. The third kappa shape index (κ3) is 5.27. The number of esters is 1. The minimum absolute atomic E-state index is 0.126. The number of nitrogens with one attached hydrogen (secondary N) is 1. The average Bonchev–Trinajstić information content (AvgIpc) is 3.25. The van der Waals surface area contributed by atoms with Gasteiger partial charge in [0.25, 0.3) is 0 Å². The van der Waals surface area contributed by atoms with Crippen molar-refractivity contribution in [1.29, 1.82) is 0 Å². The van der Waals surface area contributed by atoms with Gasteiger partial charge in [0.1, 0.15) is 17.9 Å². The fraction of sp³-hybridized carbons (Fsp3) is 0.480. The second-order valence-electron chi connectivity index (χ2n) is 8.42. The van der Waals surface area contributed by atoms with E-state index in [1.54, 1.807) is 18.2 Å². The normalized spacial score (nSPS) is 22.0. The van der Waals surface area contributed by atoms with Gasteiger partial charge in [-0.15, -0.1) is 0 Å². The van der Waals surface area contributed by atoms with Gasteiger partial charge in [-0.1, -0.05) is 18.6 Å². The van der Waals surface area contributed by atoms with Crippen LogP contribution in [0.25, 0.3) is 16.8 Å². The van der Waals surface area contributed by atoms with Crippen LogP contribution in [-0.2, 0) is 14.3 Å². The second kappa shape index (κ2) is 10.7. The molecule has 2 atom stereocenters. The molecule has 0 saturated carbocycles. The van der Waals surface area contributed by atoms with Crippen LogP contribution in [-0.4, -0.2) is 67.8 Å². The van der Waals surface area contributed by atoms with E-state index in [1.807, 2.05) is 18.2 Å². The Morgan fingerprint density at radius 2 is 2.12 bits per heavy atom. The fourth-order valence-corrected chi connectivity index (χ4v) is 4.46. The fourth-order valence-electron chi connectivity index (χ4n) is 4.46. The van der Waals surface area contributed by atoms with Crippen molar-refractivity contribution < 1.29 is 23.8 Å². The number of carbonyl (C=O) groups is 2. The van der Waals surface area contributed by atoms with Gasteiger partial charge in [0.05, 0.1) is 27.3 Å². The maximum Gasteiger partial charge on any atom is 0.328 e. The number of hydrogen-bond donors (Lipinski definition) is 1. The minimum atomic E-state index is -0.662. The molecule has 2 aliphatic rings. The number of carbonyl (C=O) groups excluding carboxylic acids is 2. The highest BCUT2D eigenvalue weighted by Gasteiger charge is 2.41. The van der Waals surface area contributed by atoms with Gasteiger partial charge >= 0.3 is 5.97 Å². The lowest BCUT2D eigenvalue weighted by molar-refractivity contribution is -0.150. The van der Waals surface area contributed by atoms with Crippen LogP contribution < -0.4 is 14.8 Å². The van der Waals surface area contributed by atoms with E-state index in [0.29, 0.717) is 18.8 Å². The molecular weight excluding hydrogens is 422 g/mol. The molecule has 2 aliphatic heterocycles. The van der Waals surface area contributed by atoms with Gasteiger partial charge in [-0.25, -0.2) is 9.78 Å². The Hall–Kier alpha value is -3.13. The molecule has 4 rings (SSSR count). The van der Waals surface area contributed by atoms with Crippen LogP contribution in [0, 0.1) is 0 Å². The monoisotopic (exact) mass is 453 g/mol. The van der Waals surface area contributed by atoms with Gasteiger partial charge in [-0.2, -0.15) is 0 Å². The molecule has 1 fully saturated rings. The van der Waals surface area contributed by atoms with Crippen LogP contribution >= 0.6 is 0 Å². The van der Waals surface area contributed by atoms with Gasteiger partial charge in [-0.3, -0.25) is 4.79 Å². The number of amides is 1. The summed E-state index contributed by atoms with van der Waals surface area (Å²) in [5.41, 5.74) is 0.960. The Kier molecular flexibility index (Phi) is 7.44. The third-order valence-corrected chi connectivity index (χ3v) is 6.21. The van der Waals surface area contributed by atoms with Crippen molar-refractivity contribution in [3.8, 4) is 11.6 Å². The highest BCUT2D eigenvalue weighted by Crippen LogP contribution is 2.33. The zero-order valence-corrected chi connectivity index (χ0v) is 19.2. The molecule has 1 aromatic heterocycles. The molecule has 33 heavy (non-hydrogen) atoms. The van der Waals surface area contributed by atoms with Gasteiger partial charge in [0, 0.05) is 23.6 Å². The van der Waals surface area contributed by atoms with E-state index in [-0.39, 0.29) is 18.6 Å². The first-order valence-corrected chi connectivity index (χ1v) is 11.5. The van der Waals surface area contributed by atoms with Gasteiger partial charge in [0.15, 0.2) is 0 Å². The maximum atomic E-state index is 12.9. The van der Waals surface area contributed by atoms with E-state index in [1.165, 1.54) is 7.11 Å². The Labute approximate surface area is 193 Å². The Morgan fingerprint density at radius 3 is 2.94 bits per heavy atom. The van der Waals surface area contributed by atoms with Crippen molar-refractivity contribution in [1.82, 2.24) is 15.2 Å². The summed E-state index contributed by atoms with van der Waals surface area (Å²) in [5.74, 6) is 0.715. The molecule has 1 amide bonds. The maximum absolute atomic E-state index is 12.9. The van der Waals surface area contributed by atoms with Crippen LogP contribution in [0.15, 0.2) is 30.5 Å². The molecular formula is C25H31N3O5. The lowest BCUT2D eigenvalue weighted by Gasteiger charge is -2.22. The summed E-state index contributed by atoms with van der Waals surface area (Å²) in [5, 5.41) is 5.01. The Bertz CT molecular complexity index is 1040. The number of rotatable bonds is 2. The van der Waals surface area contributed by atoms with Crippen LogP contribution in [0.2, 0.25) is 0 Å². The standard InChI is InChI=1S/C25H31N3O5/c1-31-22-13-17-9-11-27-24-20(17)12-18(22)8-6-4-3-5-7-10-26-15-23(29)28-16-19(33-24)14-21(28)25(30)32-2/h6,8-9,11-13,19,21,26H,3-5,7,10,14-16H2,1-2H3/t19-,21+/m1/s1. The number of methoxy groups -OCH3 is 2. The van der Waals surface area contributed by atoms with Crippen LogP contribution in [0.1, 0.15) is 37.7 Å². The topological polar surface area (TPSA) is 90.0 Å². The number of allylic oxidation sites excluding steroid dienone is 1. The molecule has 8 heteroatoms. The smallest absolute Gasteiger partial charge is 0.328 e. The van der Waals surface area contributed by atoms with Crippen molar-refractivity contribution in [3.63, 3.8) is 0 Å². The molecule has 0 aliphatic carbocycles. The number of fused-ring (bicyclic) bond motifs is 3. The van der Waals surface area contributed by atoms with Crippen molar-refractivity contribution in [2.24, 2.45) is 0 Å². The zero-order chi connectivity index (χ0) is 23.2. The van der Waals surface area contributed by atoms with Crippen molar-refractivity contribution >= 4 is 28.7 Å². The SMILES string of the molecule is COC(=O)[C@@H]1C[C@@H]2CN1C(=O)CNCCCCCC=Cc1cc3c(nccc3cc1OC)O2. The number of aromatic nitrogens is 1. The number of ether oxygens (including phenoxy) is 3. The number of nitrogens with zero attached hydrogens (tertiary/aromatic N) is 2. The summed E-state index contributed by atoms with van der Waals surface area (Å²) in [4.78, 5) is 31.3. The summed E-state index contributed by atoms with van der Waals surface area (Å²) in [6.45, 7) is 1.25. The van der Waals surface area contributed by atoms with E-state index in [4.69, 9.17) is 14.2 Å². The number of pyridine rings is 1. The number of hydrogen-bond acceptors (Lipinski definition) is 7. The van der Waals surface area contributed by atoms with Gasteiger partial charge in [-0.05, 0) is 49.4 Å². The van der Waals surface area contributed by atoms with Crippen molar-refractivity contribution in [2.45, 2.75) is 44.2 Å². The molecule has 0 radical (unpaired) electrons. The third-order valence-electron chi connectivity index (χ3n) is 6.21. The van der Waals surface area contributed by atoms with E-state index in [9.17, 15) is 9.59 Å². The summed E-state index contributed by atoms with van der Waals surface area (Å²) in [6.07, 6.45) is 10.0. The molecule has 2 aromatic rings. The molecule has 0 unspecified atom stereocenters. The molecule has 8 nitrogen and oxygen atoms in total. The lowest BCUT2D eigenvalue weighted by atomic mass is 10.1. The lowest BCUT2D eigenvalue weighted by Crippen LogP contribution is -2.45. The zero-order valence-electron chi connectivity index (χ0n) is 19.2. The van der Waals surface area contributed by atoms with Gasteiger partial charge in [0.2, 0.25) is 11.8 Å².